The van der Waals surface area contributed by atoms with Crippen LogP contribution in [0.4, 0.5) is 19.4 Å². The molecule has 8 heteroatoms. The highest BCUT2D eigenvalue weighted by Crippen LogP contribution is 2.23. The van der Waals surface area contributed by atoms with Gasteiger partial charge in [0, 0.05) is 19.2 Å². The van der Waals surface area contributed by atoms with Gasteiger partial charge in [-0.3, -0.25) is 0 Å². The second kappa shape index (κ2) is 7.29. The number of aromatic nitrogens is 1. The largest absolute Gasteiger partial charge is 0.444 e. The van der Waals surface area contributed by atoms with Crippen LogP contribution in [-0.4, -0.2) is 61.0 Å². The van der Waals surface area contributed by atoms with Crippen molar-refractivity contribution in [1.29, 1.82) is 0 Å². The number of carbonyl (C=O) groups excluding carboxylic acids is 1. The first kappa shape index (κ1) is 16.9. The van der Waals surface area contributed by atoms with Gasteiger partial charge in [0.25, 0.3) is 0 Å². The molecule has 1 aromatic rings. The monoisotopic (exact) mass is 341 g/mol. The fraction of sp³-hybridized carbons (Fsp3) is 0.625. The molecule has 0 spiro atoms. The van der Waals surface area contributed by atoms with E-state index in [2.05, 4.69) is 4.98 Å². The molecule has 3 heterocycles. The highest BCUT2D eigenvalue weighted by atomic mass is 19.1. The number of pyridine rings is 1. The molecule has 2 saturated heterocycles. The van der Waals surface area contributed by atoms with E-state index in [4.69, 9.17) is 9.47 Å². The standard InChI is InChI=1S/C16H21F2N3O3/c1-11-10-23-6-5-21(11)16(22)24-13-3-2-4-20(9-13)15-14(18)7-12(17)8-19-15/h7-8,11,13H,2-6,9-10H2,1H3. The fourth-order valence-corrected chi connectivity index (χ4v) is 3.08. The maximum Gasteiger partial charge on any atom is 0.410 e. The number of amides is 1. The zero-order chi connectivity index (χ0) is 17.1. The Morgan fingerprint density at radius 1 is 1.42 bits per heavy atom. The third-order valence-corrected chi connectivity index (χ3v) is 4.34. The lowest BCUT2D eigenvalue weighted by atomic mass is 10.1. The second-order valence-electron chi connectivity index (χ2n) is 6.17. The van der Waals surface area contributed by atoms with Gasteiger partial charge in [-0.1, -0.05) is 0 Å². The van der Waals surface area contributed by atoms with Crippen molar-refractivity contribution in [3.05, 3.63) is 23.9 Å². The molecule has 0 N–H and O–H groups in total. The minimum Gasteiger partial charge on any atom is -0.444 e. The minimum absolute atomic E-state index is 0.0258. The molecular weight excluding hydrogens is 320 g/mol. The Morgan fingerprint density at radius 3 is 3.00 bits per heavy atom. The highest BCUT2D eigenvalue weighted by Gasteiger charge is 2.30. The number of piperidine rings is 1. The van der Waals surface area contributed by atoms with Crippen LogP contribution < -0.4 is 4.90 Å². The Labute approximate surface area is 139 Å². The van der Waals surface area contributed by atoms with Crippen molar-refractivity contribution in [3.8, 4) is 0 Å². The van der Waals surface area contributed by atoms with Gasteiger partial charge >= 0.3 is 6.09 Å². The molecule has 0 radical (unpaired) electrons. The summed E-state index contributed by atoms with van der Waals surface area (Å²) in [4.78, 5) is 19.5. The molecule has 0 aromatic carbocycles. The average Bonchev–Trinajstić information content (AvgIpc) is 2.55. The van der Waals surface area contributed by atoms with E-state index in [9.17, 15) is 13.6 Å². The van der Waals surface area contributed by atoms with Crippen molar-refractivity contribution in [1.82, 2.24) is 9.88 Å². The fourth-order valence-electron chi connectivity index (χ4n) is 3.08. The zero-order valence-corrected chi connectivity index (χ0v) is 13.6. The summed E-state index contributed by atoms with van der Waals surface area (Å²) in [5.74, 6) is -1.32. The van der Waals surface area contributed by atoms with Crippen molar-refractivity contribution in [3.63, 3.8) is 0 Å². The van der Waals surface area contributed by atoms with Gasteiger partial charge in [0.05, 0.1) is 32.0 Å². The van der Waals surface area contributed by atoms with Gasteiger partial charge in [0.2, 0.25) is 0 Å². The molecule has 2 unspecified atom stereocenters. The number of nitrogens with zero attached hydrogens (tertiary/aromatic N) is 3. The van der Waals surface area contributed by atoms with E-state index < -0.39 is 11.6 Å². The Morgan fingerprint density at radius 2 is 2.25 bits per heavy atom. The van der Waals surface area contributed by atoms with Gasteiger partial charge in [0.1, 0.15) is 11.9 Å². The van der Waals surface area contributed by atoms with E-state index in [0.29, 0.717) is 39.3 Å². The summed E-state index contributed by atoms with van der Waals surface area (Å²) in [6, 6.07) is 0.787. The highest BCUT2D eigenvalue weighted by molar-refractivity contribution is 5.68. The molecule has 2 atom stereocenters. The lowest BCUT2D eigenvalue weighted by Crippen LogP contribution is -2.50. The summed E-state index contributed by atoms with van der Waals surface area (Å²) in [6.45, 7) is 4.35. The van der Waals surface area contributed by atoms with Crippen LogP contribution in [0.3, 0.4) is 0 Å². The maximum atomic E-state index is 13.9. The number of morpholine rings is 1. The molecule has 2 aliphatic heterocycles. The molecule has 3 rings (SSSR count). The Kier molecular flexibility index (Phi) is 5.13. The molecule has 1 aromatic heterocycles. The number of halogens is 2. The van der Waals surface area contributed by atoms with Crippen molar-refractivity contribution in [2.45, 2.75) is 31.9 Å². The second-order valence-corrected chi connectivity index (χ2v) is 6.17. The Hall–Kier alpha value is -1.96. The molecule has 24 heavy (non-hydrogen) atoms. The van der Waals surface area contributed by atoms with E-state index >= 15 is 0 Å². The Balaban J connectivity index is 1.62. The van der Waals surface area contributed by atoms with Crippen LogP contribution in [0.1, 0.15) is 19.8 Å². The summed E-state index contributed by atoms with van der Waals surface area (Å²) >= 11 is 0. The van der Waals surface area contributed by atoms with Gasteiger partial charge in [-0.15, -0.1) is 0 Å². The van der Waals surface area contributed by atoms with Gasteiger partial charge in [-0.2, -0.15) is 0 Å². The molecular formula is C16H21F2N3O3. The third kappa shape index (κ3) is 3.75. The minimum atomic E-state index is -0.711. The molecule has 0 saturated carbocycles. The van der Waals surface area contributed by atoms with Crippen molar-refractivity contribution in [2.24, 2.45) is 0 Å². The maximum absolute atomic E-state index is 13.9. The summed E-state index contributed by atoms with van der Waals surface area (Å²) in [5, 5.41) is 0. The SMILES string of the molecule is CC1COCCN1C(=O)OC1CCCN(c2ncc(F)cc2F)C1. The normalized spacial score (nSPS) is 24.8. The van der Waals surface area contributed by atoms with Crippen LogP contribution in [0.2, 0.25) is 0 Å². The quantitative estimate of drug-likeness (QED) is 0.825. The van der Waals surface area contributed by atoms with E-state index in [-0.39, 0.29) is 24.1 Å². The average molecular weight is 341 g/mol. The lowest BCUT2D eigenvalue weighted by molar-refractivity contribution is -0.0153. The molecule has 6 nitrogen and oxygen atoms in total. The topological polar surface area (TPSA) is 54.9 Å². The lowest BCUT2D eigenvalue weighted by Gasteiger charge is -2.36. The number of anilines is 1. The van der Waals surface area contributed by atoms with Crippen LogP contribution in [0, 0.1) is 11.6 Å². The summed E-state index contributed by atoms with van der Waals surface area (Å²) in [6.07, 6.45) is 1.74. The van der Waals surface area contributed by atoms with E-state index in [1.165, 1.54) is 0 Å². The Bertz CT molecular complexity index is 602. The number of ether oxygens (including phenoxy) is 2. The molecule has 132 valence electrons. The molecule has 2 aliphatic rings. The molecule has 2 fully saturated rings. The molecule has 0 bridgehead atoms. The van der Waals surface area contributed by atoms with Crippen LogP contribution in [0.25, 0.3) is 0 Å². The molecule has 1 amide bonds. The van der Waals surface area contributed by atoms with Crippen molar-refractivity contribution >= 4 is 11.9 Å². The van der Waals surface area contributed by atoms with Crippen LogP contribution in [0.15, 0.2) is 12.3 Å². The first-order valence-corrected chi connectivity index (χ1v) is 8.15. The van der Waals surface area contributed by atoms with Crippen LogP contribution >= 0.6 is 0 Å². The third-order valence-electron chi connectivity index (χ3n) is 4.34. The van der Waals surface area contributed by atoms with Crippen molar-refractivity contribution in [2.75, 3.05) is 37.7 Å². The molecule has 0 aliphatic carbocycles. The van der Waals surface area contributed by atoms with Crippen LogP contribution in [0.5, 0.6) is 0 Å². The van der Waals surface area contributed by atoms with Gasteiger partial charge in [-0.05, 0) is 19.8 Å². The van der Waals surface area contributed by atoms with Crippen LogP contribution in [-0.2, 0) is 9.47 Å². The van der Waals surface area contributed by atoms with Gasteiger partial charge in [0.15, 0.2) is 11.6 Å². The summed E-state index contributed by atoms with van der Waals surface area (Å²) < 4.78 is 37.8. The predicted molar refractivity (Wildman–Crippen MR) is 82.9 cm³/mol. The van der Waals surface area contributed by atoms with E-state index in [1.54, 1.807) is 9.80 Å². The predicted octanol–water partition coefficient (Wildman–Crippen LogP) is 2.19. The van der Waals surface area contributed by atoms with E-state index in [0.717, 1.165) is 18.7 Å². The first-order valence-electron chi connectivity index (χ1n) is 8.15. The van der Waals surface area contributed by atoms with E-state index in [1.807, 2.05) is 6.92 Å². The number of rotatable bonds is 2. The number of hydrogen-bond acceptors (Lipinski definition) is 5. The summed E-state index contributed by atoms with van der Waals surface area (Å²) in [7, 11) is 0. The van der Waals surface area contributed by atoms with Gasteiger partial charge < -0.3 is 19.3 Å². The smallest absolute Gasteiger partial charge is 0.410 e. The van der Waals surface area contributed by atoms with Gasteiger partial charge in [-0.25, -0.2) is 18.6 Å². The zero-order valence-electron chi connectivity index (χ0n) is 13.6. The number of carbonyl (C=O) groups is 1. The summed E-state index contributed by atoms with van der Waals surface area (Å²) in [5.41, 5.74) is 0. The first-order chi connectivity index (χ1) is 11.5. The van der Waals surface area contributed by atoms with Crippen molar-refractivity contribution < 1.29 is 23.0 Å². The number of hydrogen-bond donors (Lipinski definition) is 0.